The Bertz CT molecular complexity index is 711. The molecule has 0 radical (unpaired) electrons. The maximum Gasteiger partial charge on any atom is 0.321 e. The molecule has 0 saturated carbocycles. The van der Waals surface area contributed by atoms with Gasteiger partial charge in [0.2, 0.25) is 11.9 Å². The van der Waals surface area contributed by atoms with E-state index in [1.807, 2.05) is 12.1 Å². The lowest BCUT2D eigenvalue weighted by Crippen LogP contribution is -2.56. The van der Waals surface area contributed by atoms with Crippen molar-refractivity contribution in [3.05, 3.63) is 29.8 Å². The predicted octanol–water partition coefficient (Wildman–Crippen LogP) is 0.649. The van der Waals surface area contributed by atoms with Crippen LogP contribution in [0.25, 0.3) is 0 Å². The van der Waals surface area contributed by atoms with Gasteiger partial charge in [0.1, 0.15) is 11.8 Å². The van der Waals surface area contributed by atoms with E-state index in [2.05, 4.69) is 22.2 Å². The van der Waals surface area contributed by atoms with E-state index < -0.39 is 17.9 Å². The van der Waals surface area contributed by atoms with Crippen molar-refractivity contribution in [1.29, 1.82) is 0 Å². The molecule has 1 saturated heterocycles. The number of ether oxygens (including phenoxy) is 2. The number of aliphatic imine (C=N–C) groups is 1. The molecule has 1 N–H and O–H groups in total. The van der Waals surface area contributed by atoms with E-state index in [9.17, 15) is 9.59 Å². The minimum absolute atomic E-state index is 0.215. The van der Waals surface area contributed by atoms with Crippen molar-refractivity contribution in [3.8, 4) is 5.75 Å². The molecule has 2 heterocycles. The molecule has 0 spiro atoms. The van der Waals surface area contributed by atoms with Crippen LogP contribution in [0.4, 0.5) is 0 Å². The molecule has 8 heteroatoms. The molecule has 3 rings (SSSR count). The number of methoxy groups -OCH3 is 1. The summed E-state index contributed by atoms with van der Waals surface area (Å²) in [6.07, 6.45) is 0. The van der Waals surface area contributed by atoms with Crippen LogP contribution in [-0.2, 0) is 14.3 Å². The zero-order chi connectivity index (χ0) is 19.4. The highest BCUT2D eigenvalue weighted by molar-refractivity contribution is 6.08. The lowest BCUT2D eigenvalue weighted by Gasteiger charge is -2.37. The number of hydrogen-bond donors (Lipinski definition) is 1. The Morgan fingerprint density at radius 3 is 2.48 bits per heavy atom. The zero-order valence-electron chi connectivity index (χ0n) is 16.0. The lowest BCUT2D eigenvalue weighted by atomic mass is 9.91. The highest BCUT2D eigenvalue weighted by Crippen LogP contribution is 2.32. The Hall–Kier alpha value is -2.61. The number of likely N-dealkylation sites (N-methyl/N-ethyl adjacent to an activating group) is 1. The second-order valence-corrected chi connectivity index (χ2v) is 6.68. The molecule has 1 fully saturated rings. The Morgan fingerprint density at radius 1 is 1.22 bits per heavy atom. The molecule has 146 valence electrons. The summed E-state index contributed by atoms with van der Waals surface area (Å²) in [5.74, 6) is -0.714. The summed E-state index contributed by atoms with van der Waals surface area (Å²) < 4.78 is 10.3. The van der Waals surface area contributed by atoms with Crippen LogP contribution >= 0.6 is 0 Å². The van der Waals surface area contributed by atoms with Gasteiger partial charge in [0.15, 0.2) is 5.92 Å². The molecular formula is C19H26N4O4. The molecule has 0 aromatic heterocycles. The largest absolute Gasteiger partial charge is 0.497 e. The van der Waals surface area contributed by atoms with E-state index in [0.29, 0.717) is 11.7 Å². The van der Waals surface area contributed by atoms with Crippen molar-refractivity contribution in [3.63, 3.8) is 0 Å². The second kappa shape index (κ2) is 8.39. The third kappa shape index (κ3) is 4.21. The minimum atomic E-state index is -1.01. The van der Waals surface area contributed by atoms with Gasteiger partial charge in [-0.25, -0.2) is 4.99 Å². The van der Waals surface area contributed by atoms with Gasteiger partial charge in [0.25, 0.3) is 0 Å². The Balaban J connectivity index is 1.93. The molecule has 2 atom stereocenters. The van der Waals surface area contributed by atoms with Crippen molar-refractivity contribution in [2.75, 3.05) is 46.9 Å². The maximum atomic E-state index is 12.8. The molecule has 2 aliphatic heterocycles. The van der Waals surface area contributed by atoms with Gasteiger partial charge in [-0.2, -0.15) is 0 Å². The van der Waals surface area contributed by atoms with Crippen molar-refractivity contribution in [1.82, 2.24) is 15.1 Å². The molecule has 27 heavy (non-hydrogen) atoms. The van der Waals surface area contributed by atoms with Crippen LogP contribution in [0, 0.1) is 5.92 Å². The summed E-state index contributed by atoms with van der Waals surface area (Å²) in [4.78, 5) is 34.2. The number of amides is 1. The molecule has 2 aliphatic rings. The number of carbonyl (C=O) groups excluding carboxylic acids is 2. The summed E-state index contributed by atoms with van der Waals surface area (Å²) in [5.41, 5.74) is 0.773. The van der Waals surface area contributed by atoms with Crippen molar-refractivity contribution < 1.29 is 19.1 Å². The van der Waals surface area contributed by atoms with Gasteiger partial charge in [0, 0.05) is 26.2 Å². The fourth-order valence-corrected chi connectivity index (χ4v) is 3.28. The van der Waals surface area contributed by atoms with Crippen LogP contribution in [0.15, 0.2) is 29.3 Å². The summed E-state index contributed by atoms with van der Waals surface area (Å²) in [6, 6.07) is 6.64. The van der Waals surface area contributed by atoms with Gasteiger partial charge in [-0.05, 0) is 31.7 Å². The van der Waals surface area contributed by atoms with Crippen molar-refractivity contribution in [2.45, 2.75) is 13.0 Å². The molecule has 1 aromatic rings. The van der Waals surface area contributed by atoms with Crippen LogP contribution in [0.5, 0.6) is 5.75 Å². The second-order valence-electron chi connectivity index (χ2n) is 6.68. The molecule has 0 bridgehead atoms. The normalized spacial score (nSPS) is 23.4. The summed E-state index contributed by atoms with van der Waals surface area (Å²) in [6.45, 7) is 5.27. The predicted molar refractivity (Wildman–Crippen MR) is 101 cm³/mol. The van der Waals surface area contributed by atoms with Gasteiger partial charge in [-0.1, -0.05) is 12.1 Å². The Labute approximate surface area is 159 Å². The number of benzene rings is 1. The van der Waals surface area contributed by atoms with Crippen LogP contribution in [0.3, 0.4) is 0 Å². The summed E-state index contributed by atoms with van der Waals surface area (Å²) >= 11 is 0. The number of piperazine rings is 1. The first-order valence-corrected chi connectivity index (χ1v) is 9.16. The fourth-order valence-electron chi connectivity index (χ4n) is 3.28. The smallest absolute Gasteiger partial charge is 0.321 e. The molecule has 0 aliphatic carbocycles. The number of nitrogens with one attached hydrogen (secondary N) is 1. The number of rotatable bonds is 4. The SMILES string of the molecule is CCOC(=O)C1C(=O)NC(N2CCN(C)CC2)=NC1c1ccc(OC)cc1. The number of hydrogen-bond acceptors (Lipinski definition) is 7. The first-order valence-electron chi connectivity index (χ1n) is 9.16. The monoisotopic (exact) mass is 374 g/mol. The Morgan fingerprint density at radius 2 is 1.89 bits per heavy atom. The number of nitrogens with zero attached hydrogens (tertiary/aromatic N) is 3. The third-order valence-corrected chi connectivity index (χ3v) is 4.90. The van der Waals surface area contributed by atoms with Gasteiger partial charge >= 0.3 is 5.97 Å². The lowest BCUT2D eigenvalue weighted by molar-refractivity contribution is -0.153. The quantitative estimate of drug-likeness (QED) is 0.615. The van der Waals surface area contributed by atoms with Gasteiger partial charge in [0.05, 0.1) is 13.7 Å². The summed E-state index contributed by atoms with van der Waals surface area (Å²) in [7, 11) is 3.66. The van der Waals surface area contributed by atoms with Crippen molar-refractivity contribution in [2.24, 2.45) is 10.9 Å². The van der Waals surface area contributed by atoms with E-state index in [1.54, 1.807) is 26.2 Å². The zero-order valence-corrected chi connectivity index (χ0v) is 16.0. The van der Waals surface area contributed by atoms with E-state index in [-0.39, 0.29) is 12.5 Å². The van der Waals surface area contributed by atoms with Crippen LogP contribution < -0.4 is 10.1 Å². The van der Waals surface area contributed by atoms with Crippen LogP contribution in [0.1, 0.15) is 18.5 Å². The average molecular weight is 374 g/mol. The molecule has 2 unspecified atom stereocenters. The molecule has 1 amide bonds. The highest BCUT2D eigenvalue weighted by atomic mass is 16.5. The first kappa shape index (κ1) is 19.2. The highest BCUT2D eigenvalue weighted by Gasteiger charge is 2.42. The van der Waals surface area contributed by atoms with E-state index in [0.717, 1.165) is 31.7 Å². The molecular weight excluding hydrogens is 348 g/mol. The van der Waals surface area contributed by atoms with Crippen molar-refractivity contribution >= 4 is 17.8 Å². The first-order chi connectivity index (χ1) is 13.0. The van der Waals surface area contributed by atoms with Crippen LogP contribution in [-0.4, -0.2) is 74.6 Å². The fraction of sp³-hybridized carbons (Fsp3) is 0.526. The Kier molecular flexibility index (Phi) is 5.95. The van der Waals surface area contributed by atoms with Gasteiger partial charge in [-0.3, -0.25) is 14.9 Å². The number of carbonyl (C=O) groups is 2. The van der Waals surface area contributed by atoms with Gasteiger partial charge in [-0.15, -0.1) is 0 Å². The standard InChI is InChI=1S/C19H26N4O4/c1-4-27-18(25)15-16(13-5-7-14(26-3)8-6-13)20-19(21-17(15)24)23-11-9-22(2)10-12-23/h5-8,15-16H,4,9-12H2,1-3H3,(H,20,21,24). The topological polar surface area (TPSA) is 83.5 Å². The number of esters is 1. The molecule has 1 aromatic carbocycles. The van der Waals surface area contributed by atoms with E-state index in [4.69, 9.17) is 14.5 Å². The van der Waals surface area contributed by atoms with Crippen LogP contribution in [0.2, 0.25) is 0 Å². The molecule has 8 nitrogen and oxygen atoms in total. The van der Waals surface area contributed by atoms with Gasteiger partial charge < -0.3 is 19.3 Å². The third-order valence-electron chi connectivity index (χ3n) is 4.90. The van der Waals surface area contributed by atoms with E-state index >= 15 is 0 Å². The maximum absolute atomic E-state index is 12.8. The minimum Gasteiger partial charge on any atom is -0.497 e. The summed E-state index contributed by atoms with van der Waals surface area (Å²) in [5, 5.41) is 2.81. The number of guanidine groups is 1. The average Bonchev–Trinajstić information content (AvgIpc) is 2.68. The van der Waals surface area contributed by atoms with E-state index in [1.165, 1.54) is 0 Å².